The molecule has 1 aromatic rings. The first kappa shape index (κ1) is 14.7. The Balaban J connectivity index is 2.00. The molecule has 1 aliphatic rings. The quantitative estimate of drug-likeness (QED) is 0.517. The van der Waals surface area contributed by atoms with Gasteiger partial charge in [-0.25, -0.2) is 0 Å². The van der Waals surface area contributed by atoms with E-state index in [-0.39, 0.29) is 12.1 Å². The summed E-state index contributed by atoms with van der Waals surface area (Å²) in [6.45, 7) is -0.446. The average molecular weight is 285 g/mol. The van der Waals surface area contributed by atoms with Crippen LogP contribution >= 0.6 is 0 Å². The Labute approximate surface area is 114 Å². The molecular weight excluding hydrogens is 270 g/mol. The molecule has 4 atom stereocenters. The van der Waals surface area contributed by atoms with Gasteiger partial charge in [-0.05, 0) is 12.1 Å². The maximum absolute atomic E-state index is 10.5. The summed E-state index contributed by atoms with van der Waals surface area (Å²) in [6, 6.07) is 5.39. The summed E-state index contributed by atoms with van der Waals surface area (Å²) >= 11 is 0. The Bertz CT molecular complexity index is 463. The number of nitrogens with zero attached hydrogens (tertiary/aromatic N) is 1. The molecule has 20 heavy (non-hydrogen) atoms. The number of aliphatic hydroxyl groups is 3. The molecule has 0 amide bonds. The molecule has 3 N–H and O–H groups in total. The molecule has 110 valence electrons. The summed E-state index contributed by atoms with van der Waals surface area (Å²) in [7, 11) is 0. The number of non-ortho nitro benzene ring substituents is 1. The van der Waals surface area contributed by atoms with Gasteiger partial charge in [0.05, 0.1) is 17.6 Å². The van der Waals surface area contributed by atoms with Gasteiger partial charge < -0.3 is 24.8 Å². The predicted molar refractivity (Wildman–Crippen MR) is 66.1 cm³/mol. The van der Waals surface area contributed by atoms with Gasteiger partial charge in [0.2, 0.25) is 6.29 Å². The van der Waals surface area contributed by atoms with E-state index in [1.165, 1.54) is 24.3 Å². The van der Waals surface area contributed by atoms with E-state index in [4.69, 9.17) is 14.6 Å². The molecule has 0 aromatic heterocycles. The van der Waals surface area contributed by atoms with E-state index >= 15 is 0 Å². The first-order valence-electron chi connectivity index (χ1n) is 6.05. The summed E-state index contributed by atoms with van der Waals surface area (Å²) in [5.74, 6) is 0.334. The van der Waals surface area contributed by atoms with Gasteiger partial charge in [0.1, 0.15) is 18.0 Å². The highest BCUT2D eigenvalue weighted by Crippen LogP contribution is 2.24. The Morgan fingerprint density at radius 1 is 1.35 bits per heavy atom. The topological polar surface area (TPSA) is 122 Å². The number of benzene rings is 1. The number of ether oxygens (including phenoxy) is 2. The van der Waals surface area contributed by atoms with Crippen molar-refractivity contribution in [3.05, 3.63) is 34.4 Å². The Morgan fingerprint density at radius 2 is 2.00 bits per heavy atom. The molecule has 1 fully saturated rings. The van der Waals surface area contributed by atoms with Crippen molar-refractivity contribution in [3.8, 4) is 5.75 Å². The average Bonchev–Trinajstić information content (AvgIpc) is 2.43. The summed E-state index contributed by atoms with van der Waals surface area (Å²) in [6.07, 6.45) is -3.97. The molecule has 1 aliphatic heterocycles. The molecule has 1 aromatic carbocycles. The smallest absolute Gasteiger partial charge is 0.269 e. The third-order valence-corrected chi connectivity index (χ3v) is 3.03. The number of rotatable bonds is 4. The summed E-state index contributed by atoms with van der Waals surface area (Å²) in [4.78, 5) is 9.99. The Kier molecular flexibility index (Phi) is 4.50. The van der Waals surface area contributed by atoms with Crippen LogP contribution in [0.1, 0.15) is 6.42 Å². The molecule has 8 heteroatoms. The molecular formula is C12H15NO7. The van der Waals surface area contributed by atoms with Crippen molar-refractivity contribution >= 4 is 5.69 Å². The zero-order valence-electron chi connectivity index (χ0n) is 10.5. The second kappa shape index (κ2) is 6.14. The zero-order valence-corrected chi connectivity index (χ0v) is 10.5. The van der Waals surface area contributed by atoms with E-state index in [1.54, 1.807) is 0 Å². The predicted octanol–water partition coefficient (Wildman–Crippen LogP) is -0.197. The Hall–Kier alpha value is -1.74. The van der Waals surface area contributed by atoms with Gasteiger partial charge in [0, 0.05) is 18.6 Å². The molecule has 0 saturated carbocycles. The van der Waals surface area contributed by atoms with Crippen LogP contribution in [-0.2, 0) is 4.74 Å². The fraction of sp³-hybridized carbons (Fsp3) is 0.500. The van der Waals surface area contributed by atoms with Crippen LogP contribution in [0.25, 0.3) is 0 Å². The standard InChI is InChI=1S/C12H15NO7/c14-6-10-12(16)9(15)5-11(20-10)19-8-3-1-7(2-4-8)13(17)18/h1-4,9-12,14-16H,5-6H2/t9-,10?,11-,12-/m1/s1. The van der Waals surface area contributed by atoms with E-state index in [2.05, 4.69) is 0 Å². The largest absolute Gasteiger partial charge is 0.465 e. The molecule has 0 radical (unpaired) electrons. The summed E-state index contributed by atoms with van der Waals surface area (Å²) in [5.41, 5.74) is -0.0643. The van der Waals surface area contributed by atoms with Crippen molar-refractivity contribution in [1.29, 1.82) is 0 Å². The third kappa shape index (κ3) is 3.23. The fourth-order valence-electron chi connectivity index (χ4n) is 1.94. The first-order valence-corrected chi connectivity index (χ1v) is 6.05. The van der Waals surface area contributed by atoms with Crippen molar-refractivity contribution in [1.82, 2.24) is 0 Å². The zero-order chi connectivity index (χ0) is 14.7. The second-order valence-corrected chi connectivity index (χ2v) is 4.45. The lowest BCUT2D eigenvalue weighted by Gasteiger charge is -2.36. The van der Waals surface area contributed by atoms with Crippen LogP contribution in [-0.4, -0.2) is 51.5 Å². The molecule has 0 spiro atoms. The Morgan fingerprint density at radius 3 is 2.55 bits per heavy atom. The lowest BCUT2D eigenvalue weighted by molar-refractivity contribution is -0.384. The maximum Gasteiger partial charge on any atom is 0.269 e. The van der Waals surface area contributed by atoms with Crippen LogP contribution in [0, 0.1) is 10.1 Å². The van der Waals surface area contributed by atoms with Crippen molar-refractivity contribution in [2.75, 3.05) is 6.61 Å². The van der Waals surface area contributed by atoms with Gasteiger partial charge in [0.15, 0.2) is 0 Å². The molecule has 0 aliphatic carbocycles. The minimum Gasteiger partial charge on any atom is -0.465 e. The number of nitro groups is 1. The van der Waals surface area contributed by atoms with E-state index in [9.17, 15) is 20.3 Å². The number of hydrogen-bond donors (Lipinski definition) is 3. The number of aliphatic hydroxyl groups excluding tert-OH is 3. The van der Waals surface area contributed by atoms with Crippen LogP contribution in [0.15, 0.2) is 24.3 Å². The van der Waals surface area contributed by atoms with E-state index in [0.717, 1.165) is 0 Å². The fourth-order valence-corrected chi connectivity index (χ4v) is 1.94. The monoisotopic (exact) mass is 285 g/mol. The van der Waals surface area contributed by atoms with Crippen LogP contribution in [0.3, 0.4) is 0 Å². The van der Waals surface area contributed by atoms with Gasteiger partial charge in [-0.3, -0.25) is 10.1 Å². The van der Waals surface area contributed by atoms with Gasteiger partial charge in [-0.15, -0.1) is 0 Å². The maximum atomic E-state index is 10.5. The van der Waals surface area contributed by atoms with Gasteiger partial charge in [-0.2, -0.15) is 0 Å². The minimum atomic E-state index is -1.17. The van der Waals surface area contributed by atoms with E-state index in [0.29, 0.717) is 5.75 Å². The van der Waals surface area contributed by atoms with Crippen LogP contribution in [0.4, 0.5) is 5.69 Å². The van der Waals surface area contributed by atoms with E-state index in [1.807, 2.05) is 0 Å². The third-order valence-electron chi connectivity index (χ3n) is 3.03. The van der Waals surface area contributed by atoms with Crippen LogP contribution < -0.4 is 4.74 Å². The lowest BCUT2D eigenvalue weighted by Crippen LogP contribution is -2.51. The van der Waals surface area contributed by atoms with Crippen molar-refractivity contribution < 1.29 is 29.7 Å². The highest BCUT2D eigenvalue weighted by atomic mass is 16.7. The summed E-state index contributed by atoms with van der Waals surface area (Å²) < 4.78 is 10.7. The second-order valence-electron chi connectivity index (χ2n) is 4.45. The van der Waals surface area contributed by atoms with Crippen molar-refractivity contribution in [2.24, 2.45) is 0 Å². The van der Waals surface area contributed by atoms with E-state index < -0.39 is 36.1 Å². The molecule has 2 rings (SSSR count). The van der Waals surface area contributed by atoms with Gasteiger partial charge in [0.25, 0.3) is 5.69 Å². The summed E-state index contributed by atoms with van der Waals surface area (Å²) in [5, 5.41) is 38.7. The number of hydrogen-bond acceptors (Lipinski definition) is 7. The highest BCUT2D eigenvalue weighted by molar-refractivity contribution is 5.36. The number of nitro benzene ring substituents is 1. The van der Waals surface area contributed by atoms with Gasteiger partial charge >= 0.3 is 0 Å². The molecule has 1 saturated heterocycles. The molecule has 0 bridgehead atoms. The van der Waals surface area contributed by atoms with Crippen LogP contribution in [0.5, 0.6) is 5.75 Å². The van der Waals surface area contributed by atoms with Crippen LogP contribution in [0.2, 0.25) is 0 Å². The highest BCUT2D eigenvalue weighted by Gasteiger charge is 2.37. The lowest BCUT2D eigenvalue weighted by atomic mass is 10.0. The molecule has 8 nitrogen and oxygen atoms in total. The van der Waals surface area contributed by atoms with Crippen molar-refractivity contribution in [3.63, 3.8) is 0 Å². The van der Waals surface area contributed by atoms with Gasteiger partial charge in [-0.1, -0.05) is 0 Å². The van der Waals surface area contributed by atoms with Crippen molar-refractivity contribution in [2.45, 2.75) is 31.0 Å². The normalized spacial score (nSPS) is 29.9. The molecule has 1 heterocycles. The first-order chi connectivity index (χ1) is 9.51. The molecule has 1 unspecified atom stereocenters. The SMILES string of the molecule is O=[N+]([O-])c1ccc(O[C@H]2C[C@@H](O)[C@@H](O)C(CO)O2)cc1. The minimum absolute atomic E-state index is 0.0364.